The summed E-state index contributed by atoms with van der Waals surface area (Å²) < 4.78 is 0. The molecule has 0 bridgehead atoms. The maximum atomic E-state index is 12.6. The minimum absolute atomic E-state index is 0. The predicted octanol–water partition coefficient (Wildman–Crippen LogP) is 1.25. The first-order chi connectivity index (χ1) is 9.16. The third-order valence-electron chi connectivity index (χ3n) is 4.65. The second-order valence-electron chi connectivity index (χ2n) is 7.60. The highest BCUT2D eigenvalue weighted by atomic mass is 35.5. The molecule has 2 rings (SSSR count). The Morgan fingerprint density at radius 1 is 1.43 bits per heavy atom. The summed E-state index contributed by atoms with van der Waals surface area (Å²) in [5.41, 5.74) is 5.62. The van der Waals surface area contributed by atoms with Crippen molar-refractivity contribution >= 4 is 24.2 Å². The van der Waals surface area contributed by atoms with Crippen molar-refractivity contribution < 1.29 is 9.59 Å². The van der Waals surface area contributed by atoms with Gasteiger partial charge >= 0.3 is 0 Å². The molecule has 0 spiro atoms. The zero-order valence-electron chi connectivity index (χ0n) is 13.5. The second-order valence-corrected chi connectivity index (χ2v) is 7.60. The molecule has 2 fully saturated rings. The van der Waals surface area contributed by atoms with Crippen LogP contribution < -0.4 is 5.73 Å². The topological polar surface area (TPSA) is 66.6 Å². The Hall–Kier alpha value is -0.810. The van der Waals surface area contributed by atoms with Crippen molar-refractivity contribution in [3.8, 4) is 0 Å². The van der Waals surface area contributed by atoms with Gasteiger partial charge in [0.05, 0.1) is 5.92 Å². The Morgan fingerprint density at radius 3 is 2.48 bits per heavy atom. The van der Waals surface area contributed by atoms with Crippen molar-refractivity contribution in [1.82, 2.24) is 9.80 Å². The molecule has 0 aromatic rings. The summed E-state index contributed by atoms with van der Waals surface area (Å²) in [5.74, 6) is 0.0424. The van der Waals surface area contributed by atoms with Crippen LogP contribution in [-0.4, -0.2) is 53.3 Å². The van der Waals surface area contributed by atoms with Gasteiger partial charge in [-0.2, -0.15) is 0 Å². The van der Waals surface area contributed by atoms with Gasteiger partial charge in [0.25, 0.3) is 0 Å². The molecule has 2 aliphatic heterocycles. The SMILES string of the molecule is CC1(CN)CCN(C(=O)C2CC(=O)N(C(C)(C)C)C2)C1.Cl. The first kappa shape index (κ1) is 18.2. The van der Waals surface area contributed by atoms with E-state index in [1.165, 1.54) is 0 Å². The molecular formula is C15H28ClN3O2. The van der Waals surface area contributed by atoms with E-state index in [4.69, 9.17) is 5.73 Å². The Morgan fingerprint density at radius 2 is 2.05 bits per heavy atom. The molecule has 5 nitrogen and oxygen atoms in total. The molecule has 6 heteroatoms. The number of hydrogen-bond acceptors (Lipinski definition) is 3. The molecule has 0 saturated carbocycles. The summed E-state index contributed by atoms with van der Waals surface area (Å²) in [4.78, 5) is 28.4. The smallest absolute Gasteiger partial charge is 0.228 e. The lowest BCUT2D eigenvalue weighted by Gasteiger charge is -2.32. The minimum atomic E-state index is -0.205. The van der Waals surface area contributed by atoms with Crippen molar-refractivity contribution in [2.45, 2.75) is 46.1 Å². The number of amides is 2. The number of nitrogens with zero attached hydrogens (tertiary/aromatic N) is 2. The van der Waals surface area contributed by atoms with Gasteiger partial charge in [-0.05, 0) is 39.2 Å². The molecule has 0 aromatic carbocycles. The molecule has 21 heavy (non-hydrogen) atoms. The Bertz CT molecular complexity index is 422. The lowest BCUT2D eigenvalue weighted by molar-refractivity contribution is -0.135. The van der Waals surface area contributed by atoms with E-state index in [-0.39, 0.29) is 41.1 Å². The number of likely N-dealkylation sites (tertiary alicyclic amines) is 2. The quantitative estimate of drug-likeness (QED) is 0.833. The maximum Gasteiger partial charge on any atom is 0.228 e. The van der Waals surface area contributed by atoms with E-state index >= 15 is 0 Å². The minimum Gasteiger partial charge on any atom is -0.342 e. The van der Waals surface area contributed by atoms with Crippen LogP contribution in [0.15, 0.2) is 0 Å². The number of carbonyl (C=O) groups is 2. The largest absolute Gasteiger partial charge is 0.342 e. The van der Waals surface area contributed by atoms with Crippen molar-refractivity contribution in [3.05, 3.63) is 0 Å². The van der Waals surface area contributed by atoms with Crippen LogP contribution in [0.2, 0.25) is 0 Å². The Labute approximate surface area is 133 Å². The van der Waals surface area contributed by atoms with Crippen LogP contribution >= 0.6 is 12.4 Å². The van der Waals surface area contributed by atoms with E-state index < -0.39 is 0 Å². The number of carbonyl (C=O) groups excluding carboxylic acids is 2. The molecule has 2 aliphatic rings. The first-order valence-corrected chi connectivity index (χ1v) is 7.46. The number of halogens is 1. The first-order valence-electron chi connectivity index (χ1n) is 7.46. The van der Waals surface area contributed by atoms with Crippen LogP contribution in [0.4, 0.5) is 0 Å². The highest BCUT2D eigenvalue weighted by molar-refractivity contribution is 5.89. The number of rotatable bonds is 2. The zero-order valence-corrected chi connectivity index (χ0v) is 14.3. The molecule has 122 valence electrons. The van der Waals surface area contributed by atoms with Gasteiger partial charge < -0.3 is 15.5 Å². The van der Waals surface area contributed by atoms with Gasteiger partial charge in [0.2, 0.25) is 11.8 Å². The standard InChI is InChI=1S/C15H27N3O2.ClH/c1-14(2,3)18-8-11(7-12(18)19)13(20)17-6-5-15(4,9-16)10-17;/h11H,5-10,16H2,1-4H3;1H. The van der Waals surface area contributed by atoms with E-state index in [2.05, 4.69) is 6.92 Å². The lowest BCUT2D eigenvalue weighted by Crippen LogP contribution is -2.43. The van der Waals surface area contributed by atoms with E-state index in [1.54, 1.807) is 0 Å². The van der Waals surface area contributed by atoms with E-state index in [1.807, 2.05) is 30.6 Å². The average Bonchev–Trinajstić information content (AvgIpc) is 2.92. The normalized spacial score (nSPS) is 29.8. The molecule has 2 amide bonds. The van der Waals surface area contributed by atoms with Gasteiger partial charge in [-0.15, -0.1) is 12.4 Å². The monoisotopic (exact) mass is 317 g/mol. The summed E-state index contributed by atoms with van der Waals surface area (Å²) in [6.07, 6.45) is 1.31. The average molecular weight is 318 g/mol. The maximum absolute atomic E-state index is 12.6. The van der Waals surface area contributed by atoms with Crippen LogP contribution in [0.1, 0.15) is 40.5 Å². The molecular weight excluding hydrogens is 290 g/mol. The van der Waals surface area contributed by atoms with Gasteiger partial charge in [-0.25, -0.2) is 0 Å². The third kappa shape index (κ3) is 3.69. The molecule has 0 aliphatic carbocycles. The summed E-state index contributed by atoms with van der Waals surface area (Å²) in [6, 6.07) is 0. The fourth-order valence-electron chi connectivity index (χ4n) is 3.16. The molecule has 2 saturated heterocycles. The Balaban J connectivity index is 0.00000220. The van der Waals surface area contributed by atoms with E-state index in [0.29, 0.717) is 19.5 Å². The Kier molecular flexibility index (Phi) is 5.32. The van der Waals surface area contributed by atoms with E-state index in [9.17, 15) is 9.59 Å². The van der Waals surface area contributed by atoms with Crippen LogP contribution in [-0.2, 0) is 9.59 Å². The molecule has 0 radical (unpaired) electrons. The summed E-state index contributed by atoms with van der Waals surface area (Å²) in [5, 5.41) is 0. The van der Waals surface area contributed by atoms with Crippen LogP contribution in [0.3, 0.4) is 0 Å². The molecule has 0 aromatic heterocycles. The van der Waals surface area contributed by atoms with Crippen LogP contribution in [0, 0.1) is 11.3 Å². The van der Waals surface area contributed by atoms with Crippen LogP contribution in [0.5, 0.6) is 0 Å². The van der Waals surface area contributed by atoms with Crippen molar-refractivity contribution in [1.29, 1.82) is 0 Å². The fraction of sp³-hybridized carbons (Fsp3) is 0.867. The molecule has 2 heterocycles. The molecule has 2 atom stereocenters. The summed E-state index contributed by atoms with van der Waals surface area (Å²) in [6.45, 7) is 10.8. The fourth-order valence-corrected chi connectivity index (χ4v) is 3.16. The molecule has 2 unspecified atom stereocenters. The second kappa shape index (κ2) is 6.13. The van der Waals surface area contributed by atoms with Gasteiger partial charge in [0.1, 0.15) is 0 Å². The van der Waals surface area contributed by atoms with E-state index in [0.717, 1.165) is 19.5 Å². The van der Waals surface area contributed by atoms with Crippen molar-refractivity contribution in [3.63, 3.8) is 0 Å². The van der Waals surface area contributed by atoms with Crippen molar-refractivity contribution in [2.24, 2.45) is 17.1 Å². The van der Waals surface area contributed by atoms with Crippen molar-refractivity contribution in [2.75, 3.05) is 26.2 Å². The van der Waals surface area contributed by atoms with Gasteiger partial charge in [-0.1, -0.05) is 6.92 Å². The highest BCUT2D eigenvalue weighted by Crippen LogP contribution is 2.32. The number of hydrogen-bond donors (Lipinski definition) is 1. The zero-order chi connectivity index (χ0) is 15.1. The summed E-state index contributed by atoms with van der Waals surface area (Å²) in [7, 11) is 0. The lowest BCUT2D eigenvalue weighted by atomic mass is 9.90. The van der Waals surface area contributed by atoms with Crippen LogP contribution in [0.25, 0.3) is 0 Å². The third-order valence-corrected chi connectivity index (χ3v) is 4.65. The number of nitrogens with two attached hydrogens (primary N) is 1. The summed E-state index contributed by atoms with van der Waals surface area (Å²) >= 11 is 0. The van der Waals surface area contributed by atoms with Gasteiger partial charge in [0.15, 0.2) is 0 Å². The predicted molar refractivity (Wildman–Crippen MR) is 85.2 cm³/mol. The van der Waals surface area contributed by atoms with Gasteiger partial charge in [0, 0.05) is 31.6 Å². The highest BCUT2D eigenvalue weighted by Gasteiger charge is 2.43. The van der Waals surface area contributed by atoms with Gasteiger partial charge in [-0.3, -0.25) is 9.59 Å². The molecule has 2 N–H and O–H groups in total.